The van der Waals surface area contributed by atoms with Gasteiger partial charge in [0.25, 0.3) is 0 Å². The highest BCUT2D eigenvalue weighted by Crippen LogP contribution is 2.19. The van der Waals surface area contributed by atoms with Crippen molar-refractivity contribution in [2.24, 2.45) is 0 Å². The smallest absolute Gasteiger partial charge is 0.229 e. The lowest BCUT2D eigenvalue weighted by molar-refractivity contribution is 0.185. The van der Waals surface area contributed by atoms with Crippen molar-refractivity contribution in [3.8, 4) is 5.69 Å². The number of aliphatic hydroxyl groups is 1. The second-order valence-electron chi connectivity index (χ2n) is 6.31. The highest BCUT2D eigenvalue weighted by molar-refractivity contribution is 5.72. The van der Waals surface area contributed by atoms with Crippen LogP contribution >= 0.6 is 0 Å². The third-order valence-corrected chi connectivity index (χ3v) is 4.24. The van der Waals surface area contributed by atoms with E-state index in [1.165, 1.54) is 0 Å². The summed E-state index contributed by atoms with van der Waals surface area (Å²) in [6, 6.07) is 15.7. The van der Waals surface area contributed by atoms with E-state index in [4.69, 9.17) is 9.84 Å². The first kappa shape index (κ1) is 18.0. The molecule has 2 N–H and O–H groups in total. The zero-order chi connectivity index (χ0) is 19.3. The van der Waals surface area contributed by atoms with E-state index in [1.54, 1.807) is 18.0 Å². The minimum atomic E-state index is 0.110. The van der Waals surface area contributed by atoms with Crippen molar-refractivity contribution in [2.45, 2.75) is 13.0 Å². The Morgan fingerprint density at radius 3 is 2.82 bits per heavy atom. The number of hydrogen-bond donors (Lipinski definition) is 2. The van der Waals surface area contributed by atoms with Crippen LogP contribution in [0.2, 0.25) is 0 Å². The molecule has 2 aromatic heterocycles. The molecule has 0 saturated heterocycles. The molecule has 0 bridgehead atoms. The normalized spacial score (nSPS) is 11.1. The van der Waals surface area contributed by atoms with Crippen LogP contribution in [0, 0.1) is 0 Å². The fraction of sp³-hybridized carbons (Fsp3) is 0.200. The van der Waals surface area contributed by atoms with Gasteiger partial charge in [-0.1, -0.05) is 29.5 Å². The van der Waals surface area contributed by atoms with Crippen molar-refractivity contribution < 1.29 is 9.84 Å². The fourth-order valence-electron chi connectivity index (χ4n) is 2.97. The molecule has 8 nitrogen and oxygen atoms in total. The van der Waals surface area contributed by atoms with E-state index in [0.717, 1.165) is 22.5 Å². The monoisotopic (exact) mass is 376 g/mol. The van der Waals surface area contributed by atoms with E-state index >= 15 is 0 Å². The standard InChI is InChI=1S/C20H20N6O2/c1-28-13-15-5-3-7-17(11-15)26-19-18(24-25-26)12-21-20(23-19)22-16-6-2-4-14(10-16)8-9-27/h2-7,10-12,27H,8-9,13H2,1H3,(H,21,22,23). The Hall–Kier alpha value is -3.36. The number of nitrogens with zero attached hydrogens (tertiary/aromatic N) is 5. The summed E-state index contributed by atoms with van der Waals surface area (Å²) in [5.41, 5.74) is 5.00. The van der Waals surface area contributed by atoms with E-state index in [9.17, 15) is 0 Å². The third-order valence-electron chi connectivity index (χ3n) is 4.24. The second kappa shape index (κ2) is 8.12. The van der Waals surface area contributed by atoms with Crippen LogP contribution in [0.1, 0.15) is 11.1 Å². The summed E-state index contributed by atoms with van der Waals surface area (Å²) in [6.45, 7) is 0.630. The molecule has 0 spiro atoms. The molecular formula is C20H20N6O2. The average Bonchev–Trinajstić information content (AvgIpc) is 3.12. The van der Waals surface area contributed by atoms with Gasteiger partial charge in [-0.15, -0.1) is 5.10 Å². The van der Waals surface area contributed by atoms with Crippen molar-refractivity contribution in [1.29, 1.82) is 0 Å². The van der Waals surface area contributed by atoms with Crippen LogP contribution in [0.4, 0.5) is 11.6 Å². The summed E-state index contributed by atoms with van der Waals surface area (Å²) < 4.78 is 6.89. The predicted octanol–water partition coefficient (Wildman–Crippen LogP) is 2.64. The highest BCUT2D eigenvalue weighted by Gasteiger charge is 2.11. The van der Waals surface area contributed by atoms with Crippen molar-refractivity contribution in [3.05, 3.63) is 65.9 Å². The number of ether oxygens (including phenoxy) is 1. The number of fused-ring (bicyclic) bond motifs is 1. The molecule has 0 amide bonds. The van der Waals surface area contributed by atoms with Crippen LogP contribution in [0.25, 0.3) is 16.9 Å². The molecule has 4 aromatic rings. The third kappa shape index (κ3) is 3.83. The van der Waals surface area contributed by atoms with Crippen LogP contribution in [0.5, 0.6) is 0 Å². The van der Waals surface area contributed by atoms with Crippen molar-refractivity contribution in [3.63, 3.8) is 0 Å². The van der Waals surface area contributed by atoms with Gasteiger partial charge in [-0.05, 0) is 41.8 Å². The first-order chi connectivity index (χ1) is 13.8. The number of nitrogens with one attached hydrogen (secondary N) is 1. The quantitative estimate of drug-likeness (QED) is 0.512. The Morgan fingerprint density at radius 1 is 1.11 bits per heavy atom. The number of anilines is 2. The van der Waals surface area contributed by atoms with Gasteiger partial charge < -0.3 is 15.2 Å². The van der Waals surface area contributed by atoms with Gasteiger partial charge in [0.15, 0.2) is 11.2 Å². The summed E-state index contributed by atoms with van der Waals surface area (Å²) in [7, 11) is 1.66. The summed E-state index contributed by atoms with van der Waals surface area (Å²) in [5, 5.41) is 20.7. The van der Waals surface area contributed by atoms with Gasteiger partial charge in [0, 0.05) is 19.4 Å². The number of hydrogen-bond acceptors (Lipinski definition) is 7. The lowest BCUT2D eigenvalue weighted by atomic mass is 10.1. The Bertz CT molecular complexity index is 1090. The van der Waals surface area contributed by atoms with Crippen LogP contribution < -0.4 is 5.32 Å². The van der Waals surface area contributed by atoms with Crippen molar-refractivity contribution in [2.75, 3.05) is 19.0 Å². The maximum absolute atomic E-state index is 9.12. The van der Waals surface area contributed by atoms with E-state index in [2.05, 4.69) is 25.6 Å². The van der Waals surface area contributed by atoms with E-state index in [1.807, 2.05) is 48.5 Å². The maximum atomic E-state index is 9.12. The molecule has 0 aliphatic heterocycles. The molecule has 0 radical (unpaired) electrons. The molecule has 4 rings (SSSR count). The average molecular weight is 376 g/mol. The van der Waals surface area contributed by atoms with Gasteiger partial charge in [0.1, 0.15) is 0 Å². The Morgan fingerprint density at radius 2 is 1.96 bits per heavy atom. The molecule has 2 aromatic carbocycles. The van der Waals surface area contributed by atoms with Gasteiger partial charge in [-0.2, -0.15) is 9.67 Å². The molecule has 8 heteroatoms. The number of rotatable bonds is 7. The molecule has 28 heavy (non-hydrogen) atoms. The molecule has 0 unspecified atom stereocenters. The summed E-state index contributed by atoms with van der Waals surface area (Å²) >= 11 is 0. The lowest BCUT2D eigenvalue weighted by Crippen LogP contribution is -2.02. The molecule has 2 heterocycles. The molecule has 0 aliphatic carbocycles. The number of methoxy groups -OCH3 is 1. The first-order valence-electron chi connectivity index (χ1n) is 8.90. The summed E-state index contributed by atoms with van der Waals surface area (Å²) in [5.74, 6) is 0.449. The number of benzene rings is 2. The minimum absolute atomic E-state index is 0.110. The van der Waals surface area contributed by atoms with Crippen molar-refractivity contribution >= 4 is 22.8 Å². The zero-order valence-electron chi connectivity index (χ0n) is 15.4. The predicted molar refractivity (Wildman–Crippen MR) is 106 cm³/mol. The Kier molecular flexibility index (Phi) is 5.22. The lowest BCUT2D eigenvalue weighted by Gasteiger charge is -2.08. The molecule has 0 aliphatic rings. The van der Waals surface area contributed by atoms with E-state index < -0.39 is 0 Å². The SMILES string of the molecule is COCc1cccc(-n2nnc3cnc(Nc4cccc(CCO)c4)nc32)c1. The maximum Gasteiger partial charge on any atom is 0.229 e. The Labute approximate surface area is 161 Å². The van der Waals surface area contributed by atoms with Gasteiger partial charge in [0.2, 0.25) is 5.95 Å². The summed E-state index contributed by atoms with van der Waals surface area (Å²) in [4.78, 5) is 8.92. The van der Waals surface area contributed by atoms with Gasteiger partial charge in [-0.3, -0.25) is 0 Å². The summed E-state index contributed by atoms with van der Waals surface area (Å²) in [6.07, 6.45) is 2.24. The first-order valence-corrected chi connectivity index (χ1v) is 8.90. The van der Waals surface area contributed by atoms with Crippen LogP contribution in [-0.4, -0.2) is 43.8 Å². The molecular weight excluding hydrogens is 356 g/mol. The molecule has 0 fully saturated rings. The highest BCUT2D eigenvalue weighted by atomic mass is 16.5. The van der Waals surface area contributed by atoms with Gasteiger partial charge in [0.05, 0.1) is 18.5 Å². The minimum Gasteiger partial charge on any atom is -0.396 e. The molecule has 0 atom stereocenters. The van der Waals surface area contributed by atoms with E-state index in [-0.39, 0.29) is 6.61 Å². The molecule has 0 saturated carbocycles. The fourth-order valence-corrected chi connectivity index (χ4v) is 2.97. The van der Waals surface area contributed by atoms with Crippen LogP contribution in [0.3, 0.4) is 0 Å². The van der Waals surface area contributed by atoms with Crippen LogP contribution in [0.15, 0.2) is 54.7 Å². The van der Waals surface area contributed by atoms with E-state index in [0.29, 0.717) is 30.1 Å². The molecule has 142 valence electrons. The number of aromatic nitrogens is 5. The number of aliphatic hydroxyl groups excluding tert-OH is 1. The van der Waals surface area contributed by atoms with Gasteiger partial charge >= 0.3 is 0 Å². The topological polar surface area (TPSA) is 98.0 Å². The Balaban J connectivity index is 1.66. The van der Waals surface area contributed by atoms with Crippen LogP contribution in [-0.2, 0) is 17.8 Å². The van der Waals surface area contributed by atoms with Crippen molar-refractivity contribution in [1.82, 2.24) is 25.0 Å². The van der Waals surface area contributed by atoms with Gasteiger partial charge in [-0.25, -0.2) is 4.98 Å². The largest absolute Gasteiger partial charge is 0.396 e. The zero-order valence-corrected chi connectivity index (χ0v) is 15.4. The second-order valence-corrected chi connectivity index (χ2v) is 6.31.